The number of rotatable bonds is 2. The molecular formula is C16H21FN2O3. The Labute approximate surface area is 129 Å². The van der Waals surface area contributed by atoms with Crippen LogP contribution in [0.15, 0.2) is 24.3 Å². The Morgan fingerprint density at radius 1 is 1.36 bits per heavy atom. The van der Waals surface area contributed by atoms with Gasteiger partial charge in [0.2, 0.25) is 5.91 Å². The van der Waals surface area contributed by atoms with Crippen LogP contribution < -0.4 is 5.32 Å². The first-order valence-electron chi connectivity index (χ1n) is 7.32. The lowest BCUT2D eigenvalue weighted by Gasteiger charge is -2.28. The third-order valence-corrected chi connectivity index (χ3v) is 3.28. The zero-order chi connectivity index (χ0) is 16.3. The summed E-state index contributed by atoms with van der Waals surface area (Å²) in [5, 5.41) is 2.64. The van der Waals surface area contributed by atoms with Crippen molar-refractivity contribution in [1.29, 1.82) is 0 Å². The van der Waals surface area contributed by atoms with Gasteiger partial charge in [0.25, 0.3) is 0 Å². The van der Waals surface area contributed by atoms with Crippen LogP contribution >= 0.6 is 0 Å². The molecule has 1 aliphatic heterocycles. The maximum Gasteiger partial charge on any atom is 0.410 e. The summed E-state index contributed by atoms with van der Waals surface area (Å²) in [5.41, 5.74) is -0.232. The SMILES string of the molecule is CC(C)(C)OC(=O)N1CCC[C@@H]1C(=O)Nc1cccc(F)c1. The van der Waals surface area contributed by atoms with Gasteiger partial charge < -0.3 is 10.1 Å². The second kappa shape index (κ2) is 6.34. The molecular weight excluding hydrogens is 287 g/mol. The summed E-state index contributed by atoms with van der Waals surface area (Å²) >= 11 is 0. The fraction of sp³-hybridized carbons (Fsp3) is 0.500. The van der Waals surface area contributed by atoms with E-state index < -0.39 is 23.6 Å². The van der Waals surface area contributed by atoms with Crippen LogP contribution in [0, 0.1) is 5.82 Å². The Bertz CT molecular complexity index is 569. The van der Waals surface area contributed by atoms with Crippen LogP contribution in [-0.2, 0) is 9.53 Å². The molecule has 2 rings (SSSR count). The van der Waals surface area contributed by atoms with E-state index in [-0.39, 0.29) is 5.91 Å². The normalized spacial score (nSPS) is 18.2. The Morgan fingerprint density at radius 3 is 2.73 bits per heavy atom. The highest BCUT2D eigenvalue weighted by molar-refractivity contribution is 5.96. The minimum Gasteiger partial charge on any atom is -0.444 e. The van der Waals surface area contributed by atoms with Crippen molar-refractivity contribution in [3.63, 3.8) is 0 Å². The molecule has 0 saturated carbocycles. The summed E-state index contributed by atoms with van der Waals surface area (Å²) in [5.74, 6) is -0.748. The van der Waals surface area contributed by atoms with Crippen LogP contribution in [0.5, 0.6) is 0 Å². The molecule has 1 aromatic rings. The van der Waals surface area contributed by atoms with Crippen LogP contribution in [0.3, 0.4) is 0 Å². The lowest BCUT2D eigenvalue weighted by Crippen LogP contribution is -2.45. The zero-order valence-corrected chi connectivity index (χ0v) is 13.1. The molecule has 5 nitrogen and oxygen atoms in total. The fourth-order valence-corrected chi connectivity index (χ4v) is 2.37. The first kappa shape index (κ1) is 16.3. The van der Waals surface area contributed by atoms with E-state index >= 15 is 0 Å². The molecule has 1 fully saturated rings. The van der Waals surface area contributed by atoms with Gasteiger partial charge in [0.1, 0.15) is 17.5 Å². The van der Waals surface area contributed by atoms with Gasteiger partial charge in [-0.15, -0.1) is 0 Å². The van der Waals surface area contributed by atoms with Crippen LogP contribution in [0.2, 0.25) is 0 Å². The summed E-state index contributed by atoms with van der Waals surface area (Å²) in [7, 11) is 0. The van der Waals surface area contributed by atoms with E-state index in [1.165, 1.54) is 23.1 Å². The van der Waals surface area contributed by atoms with Gasteiger partial charge in [0, 0.05) is 12.2 Å². The Morgan fingerprint density at radius 2 is 2.09 bits per heavy atom. The highest BCUT2D eigenvalue weighted by Crippen LogP contribution is 2.22. The fourth-order valence-electron chi connectivity index (χ4n) is 2.37. The topological polar surface area (TPSA) is 58.6 Å². The summed E-state index contributed by atoms with van der Waals surface area (Å²) in [6.45, 7) is 5.82. The van der Waals surface area contributed by atoms with Crippen molar-refractivity contribution in [2.75, 3.05) is 11.9 Å². The molecule has 0 bridgehead atoms. The van der Waals surface area contributed by atoms with Gasteiger partial charge >= 0.3 is 6.09 Å². The number of carbonyl (C=O) groups is 2. The molecule has 0 radical (unpaired) electrons. The number of ether oxygens (including phenoxy) is 1. The largest absolute Gasteiger partial charge is 0.444 e. The first-order valence-corrected chi connectivity index (χ1v) is 7.32. The Balaban J connectivity index is 2.03. The lowest BCUT2D eigenvalue weighted by molar-refractivity contribution is -0.120. The smallest absolute Gasteiger partial charge is 0.410 e. The third kappa shape index (κ3) is 4.19. The van der Waals surface area contributed by atoms with Crippen molar-refractivity contribution >= 4 is 17.7 Å². The maximum absolute atomic E-state index is 13.1. The van der Waals surface area contributed by atoms with Gasteiger partial charge in [0.15, 0.2) is 0 Å². The molecule has 2 amide bonds. The van der Waals surface area contributed by atoms with Crippen molar-refractivity contribution in [1.82, 2.24) is 4.90 Å². The van der Waals surface area contributed by atoms with Gasteiger partial charge in [-0.2, -0.15) is 0 Å². The molecule has 120 valence electrons. The van der Waals surface area contributed by atoms with Gasteiger partial charge in [-0.05, 0) is 51.8 Å². The van der Waals surface area contributed by atoms with Crippen LogP contribution in [0.1, 0.15) is 33.6 Å². The molecule has 0 unspecified atom stereocenters. The average Bonchev–Trinajstić information content (AvgIpc) is 2.85. The number of amides is 2. The predicted octanol–water partition coefficient (Wildman–Crippen LogP) is 3.16. The number of nitrogens with one attached hydrogen (secondary N) is 1. The van der Waals surface area contributed by atoms with Crippen LogP contribution in [0.4, 0.5) is 14.9 Å². The summed E-state index contributed by atoms with van der Waals surface area (Å²) in [6, 6.07) is 5.08. The Kier molecular flexibility index (Phi) is 4.68. The van der Waals surface area contributed by atoms with Crippen molar-refractivity contribution in [3.8, 4) is 0 Å². The first-order chi connectivity index (χ1) is 10.3. The second-order valence-electron chi connectivity index (χ2n) is 6.33. The third-order valence-electron chi connectivity index (χ3n) is 3.28. The van der Waals surface area contributed by atoms with E-state index in [0.717, 1.165) is 6.42 Å². The number of hydrogen-bond donors (Lipinski definition) is 1. The molecule has 0 aromatic heterocycles. The summed E-state index contributed by atoms with van der Waals surface area (Å²) < 4.78 is 18.5. The van der Waals surface area contributed by atoms with Crippen LogP contribution in [0.25, 0.3) is 0 Å². The van der Waals surface area contributed by atoms with Crippen molar-refractivity contribution < 1.29 is 18.7 Å². The predicted molar refractivity (Wildman–Crippen MR) is 81.0 cm³/mol. The molecule has 1 aromatic carbocycles. The molecule has 22 heavy (non-hydrogen) atoms. The van der Waals surface area contributed by atoms with E-state index in [1.807, 2.05) is 0 Å². The maximum atomic E-state index is 13.1. The number of hydrogen-bond acceptors (Lipinski definition) is 3. The van der Waals surface area contributed by atoms with E-state index in [2.05, 4.69) is 5.32 Å². The number of anilines is 1. The monoisotopic (exact) mass is 308 g/mol. The molecule has 6 heteroatoms. The van der Waals surface area contributed by atoms with Gasteiger partial charge in [-0.3, -0.25) is 9.69 Å². The highest BCUT2D eigenvalue weighted by atomic mass is 19.1. The molecule has 1 atom stereocenters. The van der Waals surface area contributed by atoms with Crippen molar-refractivity contribution in [3.05, 3.63) is 30.1 Å². The summed E-state index contributed by atoms with van der Waals surface area (Å²) in [4.78, 5) is 25.9. The van der Waals surface area contributed by atoms with Crippen molar-refractivity contribution in [2.45, 2.75) is 45.3 Å². The van der Waals surface area contributed by atoms with Crippen LogP contribution in [-0.4, -0.2) is 35.1 Å². The van der Waals surface area contributed by atoms with Gasteiger partial charge in [-0.25, -0.2) is 9.18 Å². The molecule has 0 aliphatic carbocycles. The van der Waals surface area contributed by atoms with E-state index in [1.54, 1.807) is 26.8 Å². The molecule has 1 heterocycles. The molecule has 1 N–H and O–H groups in total. The highest BCUT2D eigenvalue weighted by Gasteiger charge is 2.36. The van der Waals surface area contributed by atoms with Crippen molar-refractivity contribution in [2.24, 2.45) is 0 Å². The number of halogens is 1. The average molecular weight is 308 g/mol. The molecule has 0 spiro atoms. The van der Waals surface area contributed by atoms with Gasteiger partial charge in [-0.1, -0.05) is 6.07 Å². The minimum absolute atomic E-state index is 0.325. The number of carbonyl (C=O) groups excluding carboxylic acids is 2. The lowest BCUT2D eigenvalue weighted by atomic mass is 10.2. The molecule has 1 aliphatic rings. The minimum atomic E-state index is -0.608. The van der Waals surface area contributed by atoms with E-state index in [0.29, 0.717) is 18.7 Å². The summed E-state index contributed by atoms with van der Waals surface area (Å²) in [6.07, 6.45) is 0.810. The standard InChI is InChI=1S/C16H21FN2O3/c1-16(2,3)22-15(21)19-9-5-8-13(19)14(20)18-12-7-4-6-11(17)10-12/h4,6-7,10,13H,5,8-9H2,1-3H3,(H,18,20)/t13-/m1/s1. The van der Waals surface area contributed by atoms with E-state index in [9.17, 15) is 14.0 Å². The number of nitrogens with zero attached hydrogens (tertiary/aromatic N) is 1. The molecule has 1 saturated heterocycles. The van der Waals surface area contributed by atoms with Gasteiger partial charge in [0.05, 0.1) is 0 Å². The number of likely N-dealkylation sites (tertiary alicyclic amines) is 1. The second-order valence-corrected chi connectivity index (χ2v) is 6.33. The Hall–Kier alpha value is -2.11. The number of benzene rings is 1. The quantitative estimate of drug-likeness (QED) is 0.913. The zero-order valence-electron chi connectivity index (χ0n) is 13.1. The van der Waals surface area contributed by atoms with E-state index in [4.69, 9.17) is 4.74 Å².